The monoisotopic (exact) mass is 422 g/mol. The van der Waals surface area contributed by atoms with Gasteiger partial charge in [0.1, 0.15) is 11.3 Å². The molecule has 0 aliphatic carbocycles. The maximum absolute atomic E-state index is 13.0. The Kier molecular flexibility index (Phi) is 5.63. The molecule has 0 amide bonds. The highest BCUT2D eigenvalue weighted by atomic mass is 32.2. The van der Waals surface area contributed by atoms with E-state index in [1.54, 1.807) is 10.6 Å². The Morgan fingerprint density at radius 2 is 1.87 bits per heavy atom. The Labute approximate surface area is 177 Å². The third-order valence-electron chi connectivity index (χ3n) is 5.04. The van der Waals surface area contributed by atoms with Crippen LogP contribution in [-0.2, 0) is 18.7 Å². The predicted octanol–water partition coefficient (Wildman–Crippen LogP) is 4.47. The average Bonchev–Trinajstić information content (AvgIpc) is 2.73. The van der Waals surface area contributed by atoms with Crippen molar-refractivity contribution in [2.75, 3.05) is 0 Å². The second kappa shape index (κ2) is 8.36. The van der Waals surface area contributed by atoms with Gasteiger partial charge in [-0.25, -0.2) is 9.78 Å². The van der Waals surface area contributed by atoms with Crippen LogP contribution in [0, 0.1) is 0 Å². The summed E-state index contributed by atoms with van der Waals surface area (Å²) in [6.07, 6.45) is 1.47. The highest BCUT2D eigenvalue weighted by Crippen LogP contribution is 2.30. The summed E-state index contributed by atoms with van der Waals surface area (Å²) in [6, 6.07) is 12.1. The zero-order valence-corrected chi connectivity index (χ0v) is 17.7. The van der Waals surface area contributed by atoms with Gasteiger partial charge in [0.15, 0.2) is 5.16 Å². The largest absolute Gasteiger partial charge is 0.508 e. The van der Waals surface area contributed by atoms with Crippen LogP contribution in [0.4, 0.5) is 0 Å². The maximum Gasteiger partial charge on any atom is 0.336 e. The Hall–Kier alpha value is -3.06. The number of hydrogen-bond acceptors (Lipinski definition) is 6. The number of rotatable bonds is 6. The number of fused-ring (bicyclic) bond motifs is 2. The molecule has 0 atom stereocenters. The number of nitrogens with zero attached hydrogens (tertiary/aromatic N) is 2. The fraction of sp³-hybridized carbons (Fsp3) is 0.261. The molecular weight excluding hydrogens is 400 g/mol. The number of phenolic OH excluding ortho intramolecular Hbond substituents is 1. The van der Waals surface area contributed by atoms with Crippen LogP contribution in [0.1, 0.15) is 31.4 Å². The Bertz CT molecular complexity index is 1360. The van der Waals surface area contributed by atoms with Crippen molar-refractivity contribution in [2.45, 2.75) is 44.1 Å². The van der Waals surface area contributed by atoms with Gasteiger partial charge in [0, 0.05) is 29.8 Å². The molecule has 2 aromatic heterocycles. The molecule has 4 rings (SSSR count). The maximum atomic E-state index is 13.0. The lowest BCUT2D eigenvalue weighted by atomic mass is 10.1. The second-order valence-corrected chi connectivity index (χ2v) is 8.02. The zero-order chi connectivity index (χ0) is 21.3. The van der Waals surface area contributed by atoms with Crippen molar-refractivity contribution in [2.24, 2.45) is 0 Å². The molecule has 2 aromatic carbocycles. The van der Waals surface area contributed by atoms with Gasteiger partial charge >= 0.3 is 5.63 Å². The molecule has 7 heteroatoms. The highest BCUT2D eigenvalue weighted by molar-refractivity contribution is 7.98. The van der Waals surface area contributed by atoms with Crippen molar-refractivity contribution in [3.8, 4) is 5.75 Å². The Morgan fingerprint density at radius 3 is 2.63 bits per heavy atom. The van der Waals surface area contributed by atoms with Crippen LogP contribution in [0.15, 0.2) is 61.6 Å². The third kappa shape index (κ3) is 3.73. The summed E-state index contributed by atoms with van der Waals surface area (Å²) >= 11 is 1.42. The minimum absolute atomic E-state index is 0.0550. The topological polar surface area (TPSA) is 85.3 Å². The van der Waals surface area contributed by atoms with Gasteiger partial charge in [0.05, 0.1) is 10.9 Å². The molecule has 0 bridgehead atoms. The first kappa shape index (κ1) is 20.2. The zero-order valence-electron chi connectivity index (χ0n) is 16.8. The van der Waals surface area contributed by atoms with Gasteiger partial charge in [-0.15, -0.1) is 0 Å². The average molecular weight is 423 g/mol. The van der Waals surface area contributed by atoms with Crippen LogP contribution < -0.4 is 11.2 Å². The molecule has 0 saturated heterocycles. The lowest BCUT2D eigenvalue weighted by Gasteiger charge is -2.13. The molecule has 4 aromatic rings. The lowest BCUT2D eigenvalue weighted by molar-refractivity contribution is 0.466. The van der Waals surface area contributed by atoms with Crippen LogP contribution >= 0.6 is 11.8 Å². The lowest BCUT2D eigenvalue weighted by Crippen LogP contribution is -2.23. The first-order chi connectivity index (χ1) is 14.5. The quantitative estimate of drug-likeness (QED) is 0.280. The first-order valence-corrected chi connectivity index (χ1v) is 10.9. The first-order valence-electron chi connectivity index (χ1n) is 9.92. The molecular formula is C23H22N2O4S. The summed E-state index contributed by atoms with van der Waals surface area (Å²) in [4.78, 5) is 29.7. The van der Waals surface area contributed by atoms with Crippen molar-refractivity contribution in [1.29, 1.82) is 0 Å². The van der Waals surface area contributed by atoms with E-state index in [0.717, 1.165) is 22.9 Å². The predicted molar refractivity (Wildman–Crippen MR) is 119 cm³/mol. The number of aromatic nitrogens is 2. The number of thioether (sulfide) groups is 1. The van der Waals surface area contributed by atoms with Crippen molar-refractivity contribution in [3.05, 3.63) is 74.4 Å². The van der Waals surface area contributed by atoms with Crippen LogP contribution in [0.25, 0.3) is 21.9 Å². The molecule has 0 saturated carbocycles. The molecule has 6 nitrogen and oxygen atoms in total. The molecule has 1 N–H and O–H groups in total. The summed E-state index contributed by atoms with van der Waals surface area (Å²) < 4.78 is 6.98. The van der Waals surface area contributed by atoms with Gasteiger partial charge in [-0.1, -0.05) is 37.7 Å². The molecule has 0 unspecified atom stereocenters. The van der Waals surface area contributed by atoms with E-state index in [-0.39, 0.29) is 11.3 Å². The normalized spacial score (nSPS) is 11.4. The summed E-state index contributed by atoms with van der Waals surface area (Å²) in [5, 5.41) is 12.1. The van der Waals surface area contributed by atoms with Gasteiger partial charge in [0.2, 0.25) is 0 Å². The van der Waals surface area contributed by atoms with Crippen LogP contribution in [-0.4, -0.2) is 14.7 Å². The van der Waals surface area contributed by atoms with E-state index in [0.29, 0.717) is 40.4 Å². The van der Waals surface area contributed by atoms with Crippen molar-refractivity contribution >= 4 is 33.6 Å². The minimum atomic E-state index is -0.473. The highest BCUT2D eigenvalue weighted by Gasteiger charge is 2.14. The number of aromatic hydroxyl groups is 1. The van der Waals surface area contributed by atoms with Crippen LogP contribution in [0.5, 0.6) is 5.75 Å². The number of hydrogen-bond donors (Lipinski definition) is 1. The summed E-state index contributed by atoms with van der Waals surface area (Å²) in [6.45, 7) is 4.55. The van der Waals surface area contributed by atoms with E-state index >= 15 is 0 Å². The standard InChI is InChI=1S/C23H22N2O4S/c1-3-9-25-22(28)16-7-5-6-8-18(16)24-23(25)30-13-15-11-21(27)29-20-12-19(26)14(4-2)10-17(15)20/h5-8,10-12,26H,3-4,9,13H2,1-2H3. The number of benzene rings is 2. The number of para-hydroxylation sites is 1. The summed E-state index contributed by atoms with van der Waals surface area (Å²) in [5.41, 5.74) is 2.05. The van der Waals surface area contributed by atoms with Crippen LogP contribution in [0.3, 0.4) is 0 Å². The molecule has 0 spiro atoms. The van der Waals surface area contributed by atoms with Gasteiger partial charge in [-0.05, 0) is 42.2 Å². The number of phenols is 1. The SMILES string of the molecule is CCCn1c(SCc2cc(=O)oc3cc(O)c(CC)cc23)nc2ccccc2c1=O. The van der Waals surface area contributed by atoms with E-state index in [2.05, 4.69) is 0 Å². The molecule has 0 aliphatic heterocycles. The summed E-state index contributed by atoms with van der Waals surface area (Å²) in [5.74, 6) is 0.566. The van der Waals surface area contributed by atoms with E-state index in [1.807, 2.05) is 38.1 Å². The fourth-order valence-electron chi connectivity index (χ4n) is 3.53. The van der Waals surface area contributed by atoms with Gasteiger partial charge in [0.25, 0.3) is 5.56 Å². The summed E-state index contributed by atoms with van der Waals surface area (Å²) in [7, 11) is 0. The van der Waals surface area contributed by atoms with E-state index in [4.69, 9.17) is 9.40 Å². The fourth-order valence-corrected chi connectivity index (χ4v) is 4.55. The molecule has 154 valence electrons. The smallest absolute Gasteiger partial charge is 0.336 e. The second-order valence-electron chi connectivity index (χ2n) is 7.08. The van der Waals surface area contributed by atoms with Crippen molar-refractivity contribution in [1.82, 2.24) is 9.55 Å². The van der Waals surface area contributed by atoms with E-state index in [1.165, 1.54) is 23.9 Å². The van der Waals surface area contributed by atoms with Crippen molar-refractivity contribution < 1.29 is 9.52 Å². The molecule has 0 radical (unpaired) electrons. The molecule has 30 heavy (non-hydrogen) atoms. The van der Waals surface area contributed by atoms with E-state index in [9.17, 15) is 14.7 Å². The Morgan fingerprint density at radius 1 is 1.07 bits per heavy atom. The molecule has 0 aliphatic rings. The Balaban J connectivity index is 1.79. The van der Waals surface area contributed by atoms with Crippen LogP contribution in [0.2, 0.25) is 0 Å². The van der Waals surface area contributed by atoms with Gasteiger partial charge < -0.3 is 9.52 Å². The van der Waals surface area contributed by atoms with Gasteiger partial charge in [-0.2, -0.15) is 0 Å². The minimum Gasteiger partial charge on any atom is -0.508 e. The molecule has 0 fully saturated rings. The van der Waals surface area contributed by atoms with Gasteiger partial charge in [-0.3, -0.25) is 9.36 Å². The number of aryl methyl sites for hydroxylation is 1. The van der Waals surface area contributed by atoms with Crippen molar-refractivity contribution in [3.63, 3.8) is 0 Å². The van der Waals surface area contributed by atoms with E-state index < -0.39 is 5.63 Å². The third-order valence-corrected chi connectivity index (χ3v) is 6.07. The molecule has 2 heterocycles.